The minimum Gasteiger partial charge on any atom is -0.490 e. The second-order valence-electron chi connectivity index (χ2n) is 8.84. The topological polar surface area (TPSA) is 89.9 Å². The summed E-state index contributed by atoms with van der Waals surface area (Å²) >= 11 is 0. The predicted molar refractivity (Wildman–Crippen MR) is 131 cm³/mol. The highest BCUT2D eigenvalue weighted by Gasteiger charge is 2.25. The van der Waals surface area contributed by atoms with E-state index < -0.39 is 27.2 Å². The Hall–Kier alpha value is -3.39. The molecule has 35 heavy (non-hydrogen) atoms. The third-order valence-corrected chi connectivity index (χ3v) is 7.82. The number of carbonyl (C=O) groups is 1. The van der Waals surface area contributed by atoms with Gasteiger partial charge in [-0.2, -0.15) is 0 Å². The Labute approximate surface area is 204 Å². The van der Waals surface area contributed by atoms with Gasteiger partial charge in [-0.1, -0.05) is 18.2 Å². The number of carboxylic acids is 1. The fourth-order valence-electron chi connectivity index (χ4n) is 4.37. The molecule has 0 bridgehead atoms. The van der Waals surface area contributed by atoms with Crippen molar-refractivity contribution in [1.82, 2.24) is 0 Å². The Bertz CT molecular complexity index is 1330. The van der Waals surface area contributed by atoms with Crippen molar-refractivity contribution in [2.24, 2.45) is 0 Å². The van der Waals surface area contributed by atoms with Crippen LogP contribution in [0.25, 0.3) is 11.1 Å². The number of halogens is 1. The number of benzene rings is 3. The van der Waals surface area contributed by atoms with Gasteiger partial charge in [0.25, 0.3) is 0 Å². The lowest BCUT2D eigenvalue weighted by Crippen LogP contribution is -2.30. The molecule has 0 radical (unpaired) electrons. The van der Waals surface area contributed by atoms with E-state index in [0.29, 0.717) is 12.8 Å². The minimum absolute atomic E-state index is 0.0990. The molecule has 1 N–H and O–H groups in total. The number of ether oxygens (including phenoxy) is 2. The molecule has 3 aromatic carbocycles. The zero-order chi connectivity index (χ0) is 25.2. The molecule has 1 aliphatic rings. The van der Waals surface area contributed by atoms with Crippen molar-refractivity contribution in [1.29, 1.82) is 0 Å². The number of aromatic carboxylic acids is 1. The van der Waals surface area contributed by atoms with Gasteiger partial charge in [0.2, 0.25) is 0 Å². The molecule has 8 heteroatoms. The Balaban J connectivity index is 1.47. The van der Waals surface area contributed by atoms with Crippen LogP contribution in [-0.4, -0.2) is 37.1 Å². The van der Waals surface area contributed by atoms with E-state index in [1.807, 2.05) is 50.2 Å². The first-order chi connectivity index (χ1) is 16.6. The van der Waals surface area contributed by atoms with Gasteiger partial charge >= 0.3 is 5.97 Å². The van der Waals surface area contributed by atoms with Gasteiger partial charge in [0, 0.05) is 6.07 Å². The van der Waals surface area contributed by atoms with Crippen LogP contribution in [0.5, 0.6) is 11.5 Å². The monoisotopic (exact) mass is 498 g/mol. The van der Waals surface area contributed by atoms with Crippen molar-refractivity contribution >= 4 is 15.8 Å². The molecule has 1 aliphatic heterocycles. The van der Waals surface area contributed by atoms with Gasteiger partial charge in [0.1, 0.15) is 30.0 Å². The highest BCUT2D eigenvalue weighted by molar-refractivity contribution is 7.91. The fraction of sp³-hybridized carbons (Fsp3) is 0.296. The van der Waals surface area contributed by atoms with Crippen molar-refractivity contribution in [3.8, 4) is 22.6 Å². The van der Waals surface area contributed by atoms with Crippen LogP contribution in [-0.2, 0) is 16.4 Å². The molecule has 0 spiro atoms. The zero-order valence-electron chi connectivity index (χ0n) is 19.6. The van der Waals surface area contributed by atoms with E-state index >= 15 is 0 Å². The lowest BCUT2D eigenvalue weighted by molar-refractivity contribution is 0.0691. The molecule has 0 aromatic heterocycles. The standard InChI is InChI=1S/C27H27FO6S/c1-17-12-23(34-21-8-10-35(31,32)11-9-21)13-18(2)26(17)20-5-3-4-19(14-20)16-33-22-6-7-24(27(29)30)25(28)15-22/h3-7,12-15,21H,8-11,16H2,1-2H3,(H,29,30). The van der Waals surface area contributed by atoms with Crippen molar-refractivity contribution in [3.05, 3.63) is 82.7 Å². The van der Waals surface area contributed by atoms with Crippen LogP contribution in [0.3, 0.4) is 0 Å². The average Bonchev–Trinajstić information content (AvgIpc) is 2.79. The van der Waals surface area contributed by atoms with Gasteiger partial charge < -0.3 is 14.6 Å². The maximum atomic E-state index is 13.9. The van der Waals surface area contributed by atoms with Gasteiger partial charge in [0.05, 0.1) is 17.1 Å². The number of sulfone groups is 1. The number of hydrogen-bond donors (Lipinski definition) is 1. The first-order valence-electron chi connectivity index (χ1n) is 11.3. The summed E-state index contributed by atoms with van der Waals surface area (Å²) < 4.78 is 49.0. The van der Waals surface area contributed by atoms with Crippen molar-refractivity contribution in [3.63, 3.8) is 0 Å². The van der Waals surface area contributed by atoms with E-state index in [4.69, 9.17) is 14.6 Å². The second-order valence-corrected chi connectivity index (χ2v) is 11.1. The highest BCUT2D eigenvalue weighted by Crippen LogP contribution is 2.33. The molecular formula is C27H27FO6S. The Morgan fingerprint density at radius 1 is 1.00 bits per heavy atom. The number of carboxylic acid groups (broad SMARTS) is 1. The molecular weight excluding hydrogens is 471 g/mol. The molecule has 184 valence electrons. The van der Waals surface area contributed by atoms with Crippen molar-refractivity contribution < 1.29 is 32.2 Å². The normalized spacial score (nSPS) is 15.5. The van der Waals surface area contributed by atoms with E-state index in [-0.39, 0.29) is 30.0 Å². The molecule has 0 aliphatic carbocycles. The van der Waals surface area contributed by atoms with Gasteiger partial charge in [-0.05, 0) is 84.8 Å². The number of hydrogen-bond acceptors (Lipinski definition) is 5. The van der Waals surface area contributed by atoms with Crippen LogP contribution < -0.4 is 9.47 Å². The summed E-state index contributed by atoms with van der Waals surface area (Å²) in [5, 5.41) is 8.96. The zero-order valence-corrected chi connectivity index (χ0v) is 20.4. The van der Waals surface area contributed by atoms with E-state index in [0.717, 1.165) is 39.6 Å². The van der Waals surface area contributed by atoms with Gasteiger partial charge in [-0.3, -0.25) is 0 Å². The molecule has 0 amide bonds. The van der Waals surface area contributed by atoms with E-state index in [1.54, 1.807) is 0 Å². The lowest BCUT2D eigenvalue weighted by Gasteiger charge is -2.24. The summed E-state index contributed by atoms with van der Waals surface area (Å²) in [5.74, 6) is -0.845. The third-order valence-electron chi connectivity index (χ3n) is 6.10. The summed E-state index contributed by atoms with van der Waals surface area (Å²) in [6.45, 7) is 4.22. The minimum atomic E-state index is -2.93. The highest BCUT2D eigenvalue weighted by atomic mass is 32.2. The van der Waals surface area contributed by atoms with E-state index in [9.17, 15) is 17.6 Å². The molecule has 1 heterocycles. The van der Waals surface area contributed by atoms with Crippen LogP contribution in [0.15, 0.2) is 54.6 Å². The molecule has 0 saturated carbocycles. The predicted octanol–water partition coefficient (Wildman–Crippen LogP) is 5.34. The second kappa shape index (κ2) is 10.1. The van der Waals surface area contributed by atoms with Crippen LogP contribution >= 0.6 is 0 Å². The molecule has 0 atom stereocenters. The van der Waals surface area contributed by atoms with E-state index in [2.05, 4.69) is 0 Å². The maximum absolute atomic E-state index is 13.9. The SMILES string of the molecule is Cc1cc(OC2CCS(=O)(=O)CC2)cc(C)c1-c1cccc(COc2ccc(C(=O)O)c(F)c2)c1. The average molecular weight is 499 g/mol. The smallest absolute Gasteiger partial charge is 0.338 e. The van der Waals surface area contributed by atoms with Crippen LogP contribution in [0.1, 0.15) is 39.9 Å². The van der Waals surface area contributed by atoms with E-state index in [1.165, 1.54) is 12.1 Å². The third kappa shape index (κ3) is 6.00. The molecule has 6 nitrogen and oxygen atoms in total. The van der Waals surface area contributed by atoms with Crippen molar-refractivity contribution in [2.45, 2.75) is 39.4 Å². The summed E-state index contributed by atoms with van der Waals surface area (Å²) in [7, 11) is -2.93. The Kier molecular flexibility index (Phi) is 7.12. The van der Waals surface area contributed by atoms with Gasteiger partial charge in [0.15, 0.2) is 9.84 Å². The van der Waals surface area contributed by atoms with Crippen LogP contribution in [0.2, 0.25) is 0 Å². The fourth-order valence-corrected chi connectivity index (χ4v) is 5.82. The lowest BCUT2D eigenvalue weighted by atomic mass is 9.94. The molecule has 1 saturated heterocycles. The first-order valence-corrected chi connectivity index (χ1v) is 13.2. The number of rotatable bonds is 7. The summed E-state index contributed by atoms with van der Waals surface area (Å²) in [5.41, 5.74) is 4.63. The van der Waals surface area contributed by atoms with Crippen molar-refractivity contribution in [2.75, 3.05) is 11.5 Å². The summed E-state index contributed by atoms with van der Waals surface area (Å²) in [4.78, 5) is 11.0. The largest absolute Gasteiger partial charge is 0.490 e. The Morgan fingerprint density at radius 2 is 1.69 bits per heavy atom. The molecule has 1 fully saturated rings. The van der Waals surface area contributed by atoms with Crippen LogP contribution in [0, 0.1) is 19.7 Å². The van der Waals surface area contributed by atoms with Gasteiger partial charge in [-0.25, -0.2) is 17.6 Å². The van der Waals surface area contributed by atoms with Gasteiger partial charge in [-0.15, -0.1) is 0 Å². The number of aryl methyl sites for hydroxylation is 2. The molecule has 3 aromatic rings. The quantitative estimate of drug-likeness (QED) is 0.473. The molecule has 0 unspecified atom stereocenters. The van der Waals surface area contributed by atoms with Crippen LogP contribution in [0.4, 0.5) is 4.39 Å². The summed E-state index contributed by atoms with van der Waals surface area (Å²) in [6, 6.07) is 15.5. The maximum Gasteiger partial charge on any atom is 0.338 e. The summed E-state index contributed by atoms with van der Waals surface area (Å²) in [6.07, 6.45) is 0.915. The molecule has 4 rings (SSSR count). The first kappa shape index (κ1) is 24.7. The Morgan fingerprint density at radius 3 is 2.31 bits per heavy atom.